The highest BCUT2D eigenvalue weighted by molar-refractivity contribution is 5.98. The number of piperidine rings is 1. The second-order valence-electron chi connectivity index (χ2n) is 6.26. The zero-order chi connectivity index (χ0) is 17.1. The Morgan fingerprint density at radius 1 is 1.00 bits per heavy atom. The lowest BCUT2D eigenvalue weighted by Gasteiger charge is -2.31. The van der Waals surface area contributed by atoms with Crippen molar-refractivity contribution in [1.29, 1.82) is 0 Å². The maximum absolute atomic E-state index is 13.6. The normalized spacial score (nSPS) is 15.3. The van der Waals surface area contributed by atoms with Gasteiger partial charge in [-0.1, -0.05) is 36.4 Å². The molecule has 1 aliphatic rings. The average Bonchev–Trinajstić information content (AvgIpc) is 2.63. The zero-order valence-electron chi connectivity index (χ0n) is 13.7. The van der Waals surface area contributed by atoms with Crippen LogP contribution in [0, 0.1) is 18.7 Å². The van der Waals surface area contributed by atoms with Crippen LogP contribution in [0.5, 0.6) is 0 Å². The number of benzene rings is 2. The van der Waals surface area contributed by atoms with Gasteiger partial charge in [0, 0.05) is 30.1 Å². The van der Waals surface area contributed by atoms with Gasteiger partial charge in [0.05, 0.1) is 0 Å². The summed E-state index contributed by atoms with van der Waals surface area (Å²) in [6, 6.07) is 13.8. The van der Waals surface area contributed by atoms with E-state index < -0.39 is 0 Å². The van der Waals surface area contributed by atoms with Gasteiger partial charge in [0.25, 0.3) is 5.91 Å². The number of carbonyl (C=O) groups is 2. The molecule has 2 aromatic carbocycles. The van der Waals surface area contributed by atoms with Crippen molar-refractivity contribution in [3.05, 3.63) is 71.0 Å². The third kappa shape index (κ3) is 3.37. The number of likely N-dealkylation sites (tertiary alicyclic amines) is 1. The second kappa shape index (κ2) is 6.95. The number of nitrogens with zero attached hydrogens (tertiary/aromatic N) is 1. The molecular formula is C20H20FNO2. The summed E-state index contributed by atoms with van der Waals surface area (Å²) in [4.78, 5) is 26.7. The molecule has 0 spiro atoms. The van der Waals surface area contributed by atoms with Gasteiger partial charge in [-0.2, -0.15) is 0 Å². The molecule has 0 aromatic heterocycles. The SMILES string of the molecule is Cc1ccc(C(=O)N2CCC(C(=O)c3ccccc3)CC2)cc1F. The van der Waals surface area contributed by atoms with Crippen molar-refractivity contribution in [3.63, 3.8) is 0 Å². The minimum atomic E-state index is -0.366. The highest BCUT2D eigenvalue weighted by Gasteiger charge is 2.28. The Balaban J connectivity index is 1.63. The number of hydrogen-bond donors (Lipinski definition) is 0. The summed E-state index contributed by atoms with van der Waals surface area (Å²) >= 11 is 0. The van der Waals surface area contributed by atoms with E-state index in [4.69, 9.17) is 0 Å². The molecule has 2 aromatic rings. The molecule has 3 rings (SSSR count). The molecule has 0 unspecified atom stereocenters. The minimum Gasteiger partial charge on any atom is -0.339 e. The highest BCUT2D eigenvalue weighted by Crippen LogP contribution is 2.23. The lowest BCUT2D eigenvalue weighted by Crippen LogP contribution is -2.40. The van der Waals surface area contributed by atoms with E-state index in [1.807, 2.05) is 30.3 Å². The number of amides is 1. The predicted octanol–water partition coefficient (Wildman–Crippen LogP) is 3.87. The molecule has 0 atom stereocenters. The van der Waals surface area contributed by atoms with Crippen LogP contribution in [0.2, 0.25) is 0 Å². The maximum Gasteiger partial charge on any atom is 0.253 e. The van der Waals surface area contributed by atoms with Crippen molar-refractivity contribution in [2.24, 2.45) is 5.92 Å². The summed E-state index contributed by atoms with van der Waals surface area (Å²) in [5.74, 6) is -0.440. The molecule has 1 aliphatic heterocycles. The van der Waals surface area contributed by atoms with Crippen molar-refractivity contribution >= 4 is 11.7 Å². The van der Waals surface area contributed by atoms with Crippen LogP contribution in [0.15, 0.2) is 48.5 Å². The van der Waals surface area contributed by atoms with Gasteiger partial charge in [-0.3, -0.25) is 9.59 Å². The van der Waals surface area contributed by atoms with E-state index in [1.54, 1.807) is 24.0 Å². The van der Waals surface area contributed by atoms with Crippen LogP contribution in [0.1, 0.15) is 39.1 Å². The Bertz CT molecular complexity index is 749. The van der Waals surface area contributed by atoms with Crippen molar-refractivity contribution < 1.29 is 14.0 Å². The fraction of sp³-hybridized carbons (Fsp3) is 0.300. The molecule has 1 amide bonds. The fourth-order valence-corrected chi connectivity index (χ4v) is 3.09. The monoisotopic (exact) mass is 325 g/mol. The standard InChI is InChI=1S/C20H20FNO2/c1-14-7-8-17(13-18(14)21)20(24)22-11-9-16(10-12-22)19(23)15-5-3-2-4-6-15/h2-8,13,16H,9-12H2,1H3. The molecule has 0 radical (unpaired) electrons. The molecule has 124 valence electrons. The van der Waals surface area contributed by atoms with E-state index in [9.17, 15) is 14.0 Å². The molecular weight excluding hydrogens is 305 g/mol. The number of carbonyl (C=O) groups excluding carboxylic acids is 2. The van der Waals surface area contributed by atoms with Crippen LogP contribution in [-0.2, 0) is 0 Å². The fourth-order valence-electron chi connectivity index (χ4n) is 3.09. The Hall–Kier alpha value is -2.49. The third-order valence-corrected chi connectivity index (χ3v) is 4.63. The van der Waals surface area contributed by atoms with Gasteiger partial charge in [0.1, 0.15) is 5.82 Å². The molecule has 0 aliphatic carbocycles. The van der Waals surface area contributed by atoms with Gasteiger partial charge < -0.3 is 4.90 Å². The topological polar surface area (TPSA) is 37.4 Å². The van der Waals surface area contributed by atoms with Crippen LogP contribution in [0.25, 0.3) is 0 Å². The van der Waals surface area contributed by atoms with E-state index >= 15 is 0 Å². The van der Waals surface area contributed by atoms with Crippen LogP contribution in [-0.4, -0.2) is 29.7 Å². The number of hydrogen-bond acceptors (Lipinski definition) is 2. The first-order chi connectivity index (χ1) is 11.6. The molecule has 0 saturated carbocycles. The summed E-state index contributed by atoms with van der Waals surface area (Å²) in [5, 5.41) is 0. The Morgan fingerprint density at radius 3 is 2.29 bits per heavy atom. The van der Waals surface area contributed by atoms with Crippen LogP contribution < -0.4 is 0 Å². The van der Waals surface area contributed by atoms with E-state index in [2.05, 4.69) is 0 Å². The first kappa shape index (κ1) is 16.4. The molecule has 0 N–H and O–H groups in total. The van der Waals surface area contributed by atoms with Gasteiger partial charge in [0.2, 0.25) is 0 Å². The van der Waals surface area contributed by atoms with Crippen LogP contribution in [0.3, 0.4) is 0 Å². The number of aryl methyl sites for hydroxylation is 1. The number of Topliss-reactive ketones (excluding diaryl/α,β-unsaturated/α-hetero) is 1. The number of rotatable bonds is 3. The summed E-state index contributed by atoms with van der Waals surface area (Å²) in [6.45, 7) is 2.72. The van der Waals surface area contributed by atoms with Crippen molar-refractivity contribution in [2.75, 3.05) is 13.1 Å². The molecule has 1 saturated heterocycles. The minimum absolute atomic E-state index is 0.0498. The molecule has 3 nitrogen and oxygen atoms in total. The van der Waals surface area contributed by atoms with Gasteiger partial charge in [-0.25, -0.2) is 4.39 Å². The van der Waals surface area contributed by atoms with Crippen LogP contribution in [0.4, 0.5) is 4.39 Å². The smallest absolute Gasteiger partial charge is 0.253 e. The lowest BCUT2D eigenvalue weighted by molar-refractivity contribution is 0.0650. The lowest BCUT2D eigenvalue weighted by atomic mass is 9.88. The first-order valence-electron chi connectivity index (χ1n) is 8.21. The predicted molar refractivity (Wildman–Crippen MR) is 90.5 cm³/mol. The van der Waals surface area contributed by atoms with Gasteiger partial charge >= 0.3 is 0 Å². The molecule has 24 heavy (non-hydrogen) atoms. The van der Waals surface area contributed by atoms with Gasteiger partial charge in [-0.05, 0) is 37.5 Å². The van der Waals surface area contributed by atoms with Crippen molar-refractivity contribution in [2.45, 2.75) is 19.8 Å². The Kier molecular flexibility index (Phi) is 4.74. The quantitative estimate of drug-likeness (QED) is 0.803. The number of halogens is 1. The second-order valence-corrected chi connectivity index (χ2v) is 6.26. The summed E-state index contributed by atoms with van der Waals surface area (Å²) in [7, 11) is 0. The largest absolute Gasteiger partial charge is 0.339 e. The maximum atomic E-state index is 13.6. The zero-order valence-corrected chi connectivity index (χ0v) is 13.7. The van der Waals surface area contributed by atoms with Gasteiger partial charge in [-0.15, -0.1) is 0 Å². The van der Waals surface area contributed by atoms with E-state index in [-0.39, 0.29) is 23.4 Å². The Morgan fingerprint density at radius 2 is 1.67 bits per heavy atom. The summed E-state index contributed by atoms with van der Waals surface area (Å²) < 4.78 is 13.6. The summed E-state index contributed by atoms with van der Waals surface area (Å²) in [5.41, 5.74) is 1.62. The Labute approximate surface area is 141 Å². The van der Waals surface area contributed by atoms with Gasteiger partial charge in [0.15, 0.2) is 5.78 Å². The van der Waals surface area contributed by atoms with Crippen molar-refractivity contribution in [1.82, 2.24) is 4.90 Å². The van der Waals surface area contributed by atoms with E-state index in [0.717, 1.165) is 5.56 Å². The first-order valence-corrected chi connectivity index (χ1v) is 8.21. The molecule has 4 heteroatoms. The molecule has 0 bridgehead atoms. The van der Waals surface area contributed by atoms with Crippen LogP contribution >= 0.6 is 0 Å². The third-order valence-electron chi connectivity index (χ3n) is 4.63. The summed E-state index contributed by atoms with van der Waals surface area (Å²) in [6.07, 6.45) is 1.29. The van der Waals surface area contributed by atoms with E-state index in [0.29, 0.717) is 37.1 Å². The van der Waals surface area contributed by atoms with E-state index in [1.165, 1.54) is 6.07 Å². The molecule has 1 fully saturated rings. The highest BCUT2D eigenvalue weighted by atomic mass is 19.1. The average molecular weight is 325 g/mol. The number of ketones is 1. The molecule has 1 heterocycles. The van der Waals surface area contributed by atoms with Crippen molar-refractivity contribution in [3.8, 4) is 0 Å².